The van der Waals surface area contributed by atoms with Gasteiger partial charge in [-0.2, -0.15) is 0 Å². The fourth-order valence-corrected chi connectivity index (χ4v) is 4.89. The van der Waals surface area contributed by atoms with E-state index in [0.29, 0.717) is 29.4 Å². The van der Waals surface area contributed by atoms with Gasteiger partial charge in [-0.25, -0.2) is 0 Å². The lowest BCUT2D eigenvalue weighted by Crippen LogP contribution is -2.47. The Bertz CT molecular complexity index is 1260. The van der Waals surface area contributed by atoms with Crippen LogP contribution in [0.5, 0.6) is 0 Å². The molecule has 0 unspecified atom stereocenters. The van der Waals surface area contributed by atoms with Crippen molar-refractivity contribution in [3.63, 3.8) is 0 Å². The van der Waals surface area contributed by atoms with Gasteiger partial charge in [0.25, 0.3) is 5.91 Å². The van der Waals surface area contributed by atoms with Crippen LogP contribution in [0.2, 0.25) is 0 Å². The van der Waals surface area contributed by atoms with Gasteiger partial charge < -0.3 is 20.3 Å². The molecule has 1 aromatic heterocycles. The number of hydrogen-bond donors (Lipinski definition) is 2. The smallest absolute Gasteiger partial charge is 0.253 e. The average Bonchev–Trinajstić information content (AvgIpc) is 3.39. The van der Waals surface area contributed by atoms with Crippen LogP contribution in [0.15, 0.2) is 48.5 Å². The number of ether oxygens (including phenoxy) is 1. The lowest BCUT2D eigenvalue weighted by atomic mass is 10.0. The van der Waals surface area contributed by atoms with Gasteiger partial charge in [0.1, 0.15) is 10.0 Å². The Morgan fingerprint density at radius 2 is 1.79 bits per heavy atom. The van der Waals surface area contributed by atoms with Gasteiger partial charge in [0.05, 0.1) is 30.8 Å². The van der Waals surface area contributed by atoms with Crippen molar-refractivity contribution in [2.24, 2.45) is 0 Å². The van der Waals surface area contributed by atoms with Crippen LogP contribution in [0.4, 0.5) is 5.69 Å². The van der Waals surface area contributed by atoms with Crippen LogP contribution in [0.1, 0.15) is 25.7 Å². The maximum Gasteiger partial charge on any atom is 0.253 e. The van der Waals surface area contributed by atoms with Crippen LogP contribution in [0.3, 0.4) is 0 Å². The number of hydrogen-bond acceptors (Lipinski definition) is 9. The molecule has 1 fully saturated rings. The molecule has 0 radical (unpaired) electrons. The molecule has 2 amide bonds. The second kappa shape index (κ2) is 13.3. The number of piperazine rings is 1. The summed E-state index contributed by atoms with van der Waals surface area (Å²) in [6.07, 6.45) is 0.0680. The maximum atomic E-state index is 13.1. The summed E-state index contributed by atoms with van der Waals surface area (Å²) < 4.78 is 5.00. The summed E-state index contributed by atoms with van der Waals surface area (Å²) in [5.41, 5.74) is 1.90. The number of nitrogens with one attached hydrogen (secondary N) is 2. The van der Waals surface area contributed by atoms with Gasteiger partial charge in [-0.3, -0.25) is 19.3 Å². The fourth-order valence-electron chi connectivity index (χ4n) is 4.04. The van der Waals surface area contributed by atoms with E-state index >= 15 is 0 Å². The van der Waals surface area contributed by atoms with Crippen molar-refractivity contribution in [3.8, 4) is 10.6 Å². The van der Waals surface area contributed by atoms with Crippen LogP contribution in [0, 0.1) is 0 Å². The summed E-state index contributed by atoms with van der Waals surface area (Å²) >= 11 is 1.36. The van der Waals surface area contributed by atoms with Gasteiger partial charge in [0, 0.05) is 51.0 Å². The minimum atomic E-state index is -0.354. The molecule has 200 valence electrons. The molecular formula is C27H32N6O4S. The third-order valence-electron chi connectivity index (χ3n) is 6.21. The monoisotopic (exact) mass is 536 g/mol. The van der Waals surface area contributed by atoms with Crippen molar-refractivity contribution < 1.29 is 19.1 Å². The molecule has 0 spiro atoms. The highest BCUT2D eigenvalue weighted by Crippen LogP contribution is 2.25. The molecule has 3 aromatic rings. The van der Waals surface area contributed by atoms with Gasteiger partial charge in [-0.15, -0.1) is 10.2 Å². The van der Waals surface area contributed by atoms with Crippen LogP contribution < -0.4 is 10.6 Å². The van der Waals surface area contributed by atoms with E-state index < -0.39 is 0 Å². The van der Waals surface area contributed by atoms with E-state index in [1.54, 1.807) is 25.3 Å². The predicted octanol–water partition coefficient (Wildman–Crippen LogP) is 2.19. The third kappa shape index (κ3) is 7.51. The zero-order valence-electron chi connectivity index (χ0n) is 21.6. The Kier molecular flexibility index (Phi) is 9.66. The number of anilines is 1. The van der Waals surface area contributed by atoms with E-state index in [2.05, 4.69) is 37.7 Å². The minimum absolute atomic E-state index is 0.0680. The van der Waals surface area contributed by atoms with Gasteiger partial charge in [-0.05, 0) is 19.2 Å². The molecule has 1 aliphatic rings. The molecule has 11 heteroatoms. The van der Waals surface area contributed by atoms with E-state index in [0.717, 1.165) is 36.8 Å². The quantitative estimate of drug-likeness (QED) is 0.283. The largest absolute Gasteiger partial charge is 0.383 e. The highest BCUT2D eigenvalue weighted by Gasteiger charge is 2.21. The van der Waals surface area contributed by atoms with E-state index in [1.807, 2.05) is 30.3 Å². The Morgan fingerprint density at radius 1 is 1.03 bits per heavy atom. The van der Waals surface area contributed by atoms with Crippen LogP contribution in [-0.4, -0.2) is 97.6 Å². The zero-order valence-corrected chi connectivity index (χ0v) is 22.4. The topological polar surface area (TPSA) is 117 Å². The van der Waals surface area contributed by atoms with Crippen molar-refractivity contribution in [2.45, 2.75) is 6.42 Å². The molecule has 2 heterocycles. The Balaban J connectivity index is 1.49. The van der Waals surface area contributed by atoms with Crippen molar-refractivity contribution in [2.75, 3.05) is 65.3 Å². The number of aromatic nitrogens is 2. The Morgan fingerprint density at radius 3 is 2.53 bits per heavy atom. The van der Waals surface area contributed by atoms with Crippen LogP contribution in [0.25, 0.3) is 10.6 Å². The number of benzene rings is 2. The second-order valence-corrected chi connectivity index (χ2v) is 10.2. The number of rotatable bonds is 11. The number of amides is 2. The normalized spacial score (nSPS) is 14.3. The first-order valence-electron chi connectivity index (χ1n) is 12.5. The Hall–Kier alpha value is -3.51. The van der Waals surface area contributed by atoms with E-state index in [-0.39, 0.29) is 36.1 Å². The van der Waals surface area contributed by atoms with Gasteiger partial charge in [0.2, 0.25) is 5.91 Å². The lowest BCUT2D eigenvalue weighted by Gasteiger charge is -2.31. The van der Waals surface area contributed by atoms with Crippen molar-refractivity contribution in [1.82, 2.24) is 25.3 Å². The number of carbonyl (C=O) groups is 3. The Labute approximate surface area is 226 Å². The van der Waals surface area contributed by atoms with Crippen LogP contribution >= 0.6 is 11.3 Å². The lowest BCUT2D eigenvalue weighted by molar-refractivity contribution is -0.117. The molecule has 4 rings (SSSR count). The van der Waals surface area contributed by atoms with Gasteiger partial charge >= 0.3 is 0 Å². The van der Waals surface area contributed by atoms with Crippen molar-refractivity contribution in [1.29, 1.82) is 0 Å². The average molecular weight is 537 g/mol. The SMILES string of the molecule is COCCNC(=O)c1ccc(C(=O)Cc2nnc(-c3ccccc3)s2)cc1NC(=O)CN1CCN(C)CC1. The number of Topliss-reactive ketones (excluding diaryl/α,β-unsaturated/α-hetero) is 1. The number of nitrogens with zero attached hydrogens (tertiary/aromatic N) is 4. The molecule has 1 aliphatic heterocycles. The number of likely N-dealkylation sites (N-methyl/N-ethyl adjacent to an activating group) is 1. The standard InChI is InChI=1S/C27H32N6O4S/c1-32-11-13-33(14-12-32)18-24(35)29-22-16-20(8-9-21(22)26(36)28-10-15-37-2)23(34)17-25-30-31-27(38-25)19-6-4-3-5-7-19/h3-9,16H,10-15,17-18H2,1-2H3,(H,28,36)(H,29,35). The second-order valence-electron chi connectivity index (χ2n) is 9.10. The first kappa shape index (κ1) is 27.5. The first-order chi connectivity index (χ1) is 18.4. The molecule has 10 nitrogen and oxygen atoms in total. The number of carbonyl (C=O) groups excluding carboxylic acids is 3. The summed E-state index contributed by atoms with van der Waals surface area (Å²) in [5.74, 6) is -0.768. The molecule has 1 saturated heterocycles. The molecule has 0 bridgehead atoms. The third-order valence-corrected chi connectivity index (χ3v) is 7.19. The fraction of sp³-hybridized carbons (Fsp3) is 0.370. The van der Waals surface area contributed by atoms with Crippen molar-refractivity contribution in [3.05, 3.63) is 64.7 Å². The van der Waals surface area contributed by atoms with Crippen LogP contribution in [-0.2, 0) is 16.0 Å². The molecule has 0 saturated carbocycles. The van der Waals surface area contributed by atoms with E-state index in [4.69, 9.17) is 4.74 Å². The highest BCUT2D eigenvalue weighted by molar-refractivity contribution is 7.14. The molecule has 2 N–H and O–H groups in total. The highest BCUT2D eigenvalue weighted by atomic mass is 32.1. The zero-order chi connectivity index (χ0) is 26.9. The summed E-state index contributed by atoms with van der Waals surface area (Å²) in [6, 6.07) is 14.4. The minimum Gasteiger partial charge on any atom is -0.383 e. The first-order valence-corrected chi connectivity index (χ1v) is 13.3. The molecule has 38 heavy (non-hydrogen) atoms. The summed E-state index contributed by atoms with van der Waals surface area (Å²) in [7, 11) is 3.61. The van der Waals surface area contributed by atoms with E-state index in [9.17, 15) is 14.4 Å². The van der Waals surface area contributed by atoms with E-state index in [1.165, 1.54) is 11.3 Å². The maximum absolute atomic E-state index is 13.1. The predicted molar refractivity (Wildman–Crippen MR) is 147 cm³/mol. The van der Waals surface area contributed by atoms with Gasteiger partial charge in [0.15, 0.2) is 5.78 Å². The molecular weight excluding hydrogens is 504 g/mol. The summed E-state index contributed by atoms with van der Waals surface area (Å²) in [5, 5.41) is 15.4. The number of ketones is 1. The molecule has 0 atom stereocenters. The summed E-state index contributed by atoms with van der Waals surface area (Å²) in [6.45, 7) is 4.26. The van der Waals surface area contributed by atoms with Gasteiger partial charge in [-0.1, -0.05) is 47.7 Å². The summed E-state index contributed by atoms with van der Waals surface area (Å²) in [4.78, 5) is 43.1. The molecule has 2 aromatic carbocycles. The number of methoxy groups -OCH3 is 1. The molecule has 0 aliphatic carbocycles. The van der Waals surface area contributed by atoms with Crippen molar-refractivity contribution >= 4 is 34.6 Å².